The first-order valence-corrected chi connectivity index (χ1v) is 7.18. The summed E-state index contributed by atoms with van der Waals surface area (Å²) in [6.07, 6.45) is -3.73. The highest BCUT2D eigenvalue weighted by atomic mass is 19.4. The molecule has 1 aromatic carbocycles. The Hall–Kier alpha value is -2.27. The van der Waals surface area contributed by atoms with Crippen LogP contribution in [0, 0.1) is 11.3 Å². The van der Waals surface area contributed by atoms with Gasteiger partial charge in [0.15, 0.2) is 0 Å². The fourth-order valence-corrected chi connectivity index (χ4v) is 2.52. The number of urea groups is 1. The molecule has 8 heteroatoms. The van der Waals surface area contributed by atoms with E-state index in [4.69, 9.17) is 5.26 Å². The minimum Gasteiger partial charge on any atom is -0.334 e. The number of alkyl halides is 3. The predicted molar refractivity (Wildman–Crippen MR) is 77.4 cm³/mol. The van der Waals surface area contributed by atoms with E-state index in [1.54, 1.807) is 24.3 Å². The van der Waals surface area contributed by atoms with Crippen molar-refractivity contribution in [2.24, 2.45) is 0 Å². The van der Waals surface area contributed by atoms with Gasteiger partial charge < -0.3 is 10.6 Å². The molecule has 2 amide bonds. The van der Waals surface area contributed by atoms with E-state index in [-0.39, 0.29) is 19.1 Å². The molecule has 1 heterocycles. The number of nitrogens with one attached hydrogen (secondary N) is 2. The zero-order valence-electron chi connectivity index (χ0n) is 12.4. The van der Waals surface area contributed by atoms with Gasteiger partial charge in [-0.15, -0.1) is 0 Å². The smallest absolute Gasteiger partial charge is 0.334 e. The maximum absolute atomic E-state index is 12.3. The Bertz CT molecular complexity index is 597. The van der Waals surface area contributed by atoms with E-state index in [9.17, 15) is 18.0 Å². The zero-order valence-corrected chi connectivity index (χ0v) is 12.4. The third-order valence-corrected chi connectivity index (χ3v) is 3.52. The van der Waals surface area contributed by atoms with Crippen LogP contribution in [0.25, 0.3) is 0 Å². The fraction of sp³-hybridized carbons (Fsp3) is 0.467. The number of nitriles is 1. The van der Waals surface area contributed by atoms with Crippen molar-refractivity contribution in [1.29, 1.82) is 5.26 Å². The summed E-state index contributed by atoms with van der Waals surface area (Å²) in [5.74, 6) is 0. The van der Waals surface area contributed by atoms with Crippen LogP contribution in [0.15, 0.2) is 24.3 Å². The van der Waals surface area contributed by atoms with E-state index in [2.05, 4.69) is 10.6 Å². The molecule has 0 radical (unpaired) electrons. The van der Waals surface area contributed by atoms with E-state index in [1.807, 2.05) is 6.07 Å². The summed E-state index contributed by atoms with van der Waals surface area (Å²) in [5, 5.41) is 14.1. The average Bonchev–Trinajstić information content (AvgIpc) is 2.90. The molecule has 0 spiro atoms. The van der Waals surface area contributed by atoms with Crippen molar-refractivity contribution in [2.75, 3.05) is 19.6 Å². The molecular formula is C15H17F3N4O. The first-order valence-electron chi connectivity index (χ1n) is 7.18. The minimum atomic E-state index is -4.22. The van der Waals surface area contributed by atoms with Crippen molar-refractivity contribution < 1.29 is 18.0 Å². The van der Waals surface area contributed by atoms with Crippen molar-refractivity contribution in [3.8, 4) is 6.07 Å². The number of hydrogen-bond donors (Lipinski definition) is 2. The summed E-state index contributed by atoms with van der Waals surface area (Å²) in [7, 11) is 0. The number of halogens is 3. The summed E-state index contributed by atoms with van der Waals surface area (Å²) in [6, 6.07) is 8.13. The number of rotatable bonds is 4. The molecule has 1 aromatic rings. The van der Waals surface area contributed by atoms with E-state index >= 15 is 0 Å². The van der Waals surface area contributed by atoms with E-state index in [0.717, 1.165) is 5.56 Å². The third-order valence-electron chi connectivity index (χ3n) is 3.52. The van der Waals surface area contributed by atoms with Gasteiger partial charge in [0.2, 0.25) is 0 Å². The normalized spacial score (nSPS) is 18.4. The Morgan fingerprint density at radius 2 is 2.22 bits per heavy atom. The quantitative estimate of drug-likeness (QED) is 0.889. The van der Waals surface area contributed by atoms with Gasteiger partial charge in [-0.3, -0.25) is 4.90 Å². The topological polar surface area (TPSA) is 68.2 Å². The van der Waals surface area contributed by atoms with Gasteiger partial charge in [-0.05, 0) is 24.1 Å². The number of hydrogen-bond acceptors (Lipinski definition) is 3. The second-order valence-electron chi connectivity index (χ2n) is 5.48. The van der Waals surface area contributed by atoms with Crippen LogP contribution in [-0.4, -0.2) is 42.8 Å². The molecule has 0 unspecified atom stereocenters. The van der Waals surface area contributed by atoms with E-state index in [1.165, 1.54) is 4.90 Å². The summed E-state index contributed by atoms with van der Waals surface area (Å²) in [6.45, 7) is -0.195. The van der Waals surface area contributed by atoms with Gasteiger partial charge in [0.1, 0.15) is 0 Å². The van der Waals surface area contributed by atoms with Gasteiger partial charge in [-0.25, -0.2) is 4.79 Å². The van der Waals surface area contributed by atoms with Crippen LogP contribution in [0.1, 0.15) is 17.5 Å². The molecule has 0 aromatic heterocycles. The number of nitrogens with zero attached hydrogens (tertiary/aromatic N) is 2. The molecule has 2 N–H and O–H groups in total. The van der Waals surface area contributed by atoms with Crippen LogP contribution in [-0.2, 0) is 6.54 Å². The lowest BCUT2D eigenvalue weighted by Gasteiger charge is -2.18. The molecule has 5 nitrogen and oxygen atoms in total. The van der Waals surface area contributed by atoms with Crippen molar-refractivity contribution in [2.45, 2.75) is 25.2 Å². The Balaban J connectivity index is 1.74. The van der Waals surface area contributed by atoms with Crippen LogP contribution >= 0.6 is 0 Å². The lowest BCUT2D eigenvalue weighted by atomic mass is 10.1. The van der Waals surface area contributed by atoms with Gasteiger partial charge in [-0.2, -0.15) is 18.4 Å². The van der Waals surface area contributed by atoms with E-state index < -0.39 is 18.8 Å². The summed E-state index contributed by atoms with van der Waals surface area (Å²) in [5.41, 5.74) is 1.28. The van der Waals surface area contributed by atoms with Crippen molar-refractivity contribution in [3.63, 3.8) is 0 Å². The van der Waals surface area contributed by atoms with Crippen LogP contribution < -0.4 is 10.6 Å². The second kappa shape index (κ2) is 7.33. The maximum Gasteiger partial charge on any atom is 0.401 e. The lowest BCUT2D eigenvalue weighted by molar-refractivity contribution is -0.143. The largest absolute Gasteiger partial charge is 0.401 e. The summed E-state index contributed by atoms with van der Waals surface area (Å²) >= 11 is 0. The molecule has 1 atom stereocenters. The molecule has 1 fully saturated rings. The SMILES string of the molecule is N#Cc1cccc(CNC(=O)N[C@H]2CCN(CC(F)(F)F)C2)c1. The number of amides is 2. The second-order valence-corrected chi connectivity index (χ2v) is 5.48. The van der Waals surface area contributed by atoms with E-state index in [0.29, 0.717) is 18.5 Å². The molecule has 0 bridgehead atoms. The molecule has 0 aliphatic carbocycles. The Labute approximate surface area is 132 Å². The van der Waals surface area contributed by atoms with Crippen molar-refractivity contribution in [3.05, 3.63) is 35.4 Å². The summed E-state index contributed by atoms with van der Waals surface area (Å²) in [4.78, 5) is 13.1. The fourth-order valence-electron chi connectivity index (χ4n) is 2.52. The van der Waals surface area contributed by atoms with Gasteiger partial charge in [0.25, 0.3) is 0 Å². The zero-order chi connectivity index (χ0) is 16.9. The number of carbonyl (C=O) groups is 1. The van der Waals surface area contributed by atoms with Gasteiger partial charge in [0, 0.05) is 25.7 Å². The molecule has 1 saturated heterocycles. The monoisotopic (exact) mass is 326 g/mol. The first kappa shape index (κ1) is 17.1. The minimum absolute atomic E-state index is 0.191. The van der Waals surface area contributed by atoms with Crippen LogP contribution in [0.2, 0.25) is 0 Å². The number of benzene rings is 1. The Kier molecular flexibility index (Phi) is 5.45. The van der Waals surface area contributed by atoms with Gasteiger partial charge in [0.05, 0.1) is 18.2 Å². The highest BCUT2D eigenvalue weighted by molar-refractivity contribution is 5.74. The van der Waals surface area contributed by atoms with Crippen molar-refractivity contribution >= 4 is 6.03 Å². The average molecular weight is 326 g/mol. The molecule has 1 aliphatic heterocycles. The standard InChI is InChI=1S/C15H17F3N4O/c16-15(17,18)10-22-5-4-13(9-22)21-14(23)20-8-12-3-1-2-11(6-12)7-19/h1-3,6,13H,4-5,8-10H2,(H2,20,21,23)/t13-/m0/s1. The number of carbonyl (C=O) groups excluding carboxylic acids is 1. The Morgan fingerprint density at radius 3 is 2.91 bits per heavy atom. The number of likely N-dealkylation sites (tertiary alicyclic amines) is 1. The first-order chi connectivity index (χ1) is 10.9. The highest BCUT2D eigenvalue weighted by Gasteiger charge is 2.34. The molecule has 2 rings (SSSR count). The van der Waals surface area contributed by atoms with Gasteiger partial charge >= 0.3 is 12.2 Å². The van der Waals surface area contributed by atoms with Crippen LogP contribution in [0.5, 0.6) is 0 Å². The maximum atomic E-state index is 12.3. The van der Waals surface area contributed by atoms with Crippen LogP contribution in [0.4, 0.5) is 18.0 Å². The van der Waals surface area contributed by atoms with Gasteiger partial charge in [-0.1, -0.05) is 12.1 Å². The third kappa shape index (κ3) is 5.79. The predicted octanol–water partition coefficient (Wildman–Crippen LogP) is 1.99. The van der Waals surface area contributed by atoms with Crippen molar-refractivity contribution in [1.82, 2.24) is 15.5 Å². The lowest BCUT2D eigenvalue weighted by Crippen LogP contribution is -2.43. The summed E-state index contributed by atoms with van der Waals surface area (Å²) < 4.78 is 36.9. The molecule has 23 heavy (non-hydrogen) atoms. The molecular weight excluding hydrogens is 309 g/mol. The molecule has 124 valence electrons. The molecule has 0 saturated carbocycles. The van der Waals surface area contributed by atoms with Crippen LogP contribution in [0.3, 0.4) is 0 Å². The Morgan fingerprint density at radius 1 is 1.43 bits per heavy atom. The molecule has 1 aliphatic rings. The highest BCUT2D eigenvalue weighted by Crippen LogP contribution is 2.19.